The van der Waals surface area contributed by atoms with Gasteiger partial charge in [-0.3, -0.25) is 4.79 Å². The van der Waals surface area contributed by atoms with Crippen LogP contribution in [-0.4, -0.2) is 38.3 Å². The highest BCUT2D eigenvalue weighted by molar-refractivity contribution is 7.89. The molecule has 2 aromatic rings. The van der Waals surface area contributed by atoms with Crippen LogP contribution in [0.3, 0.4) is 0 Å². The molecular formula is C19H24ClN3O3S. The van der Waals surface area contributed by atoms with E-state index in [9.17, 15) is 13.2 Å². The summed E-state index contributed by atoms with van der Waals surface area (Å²) in [6, 6.07) is 11.7. The summed E-state index contributed by atoms with van der Waals surface area (Å²) in [5.74, 6) is -0.285. The van der Waals surface area contributed by atoms with E-state index in [0.29, 0.717) is 23.8 Å². The molecule has 0 unspecified atom stereocenters. The Bertz CT molecular complexity index is 912. The van der Waals surface area contributed by atoms with Crippen LogP contribution in [0.25, 0.3) is 0 Å². The van der Waals surface area contributed by atoms with Crippen molar-refractivity contribution in [2.75, 3.05) is 30.3 Å². The Morgan fingerprint density at radius 3 is 2.44 bits per heavy atom. The van der Waals surface area contributed by atoms with Crippen molar-refractivity contribution in [3.63, 3.8) is 0 Å². The molecule has 0 bridgehead atoms. The van der Waals surface area contributed by atoms with Crippen LogP contribution < -0.4 is 10.6 Å². The van der Waals surface area contributed by atoms with E-state index in [2.05, 4.69) is 10.6 Å². The number of amides is 1. The molecule has 2 aromatic carbocycles. The first-order valence-electron chi connectivity index (χ1n) is 8.68. The van der Waals surface area contributed by atoms with Crippen molar-refractivity contribution < 1.29 is 13.2 Å². The Morgan fingerprint density at radius 1 is 1.11 bits per heavy atom. The lowest BCUT2D eigenvalue weighted by atomic mass is 10.2. The number of rotatable bonds is 8. The maximum absolute atomic E-state index is 12.6. The molecule has 0 aromatic heterocycles. The first kappa shape index (κ1) is 21.2. The second kappa shape index (κ2) is 9.21. The fraction of sp³-hybridized carbons (Fsp3) is 0.316. The van der Waals surface area contributed by atoms with Gasteiger partial charge in [-0.15, -0.1) is 0 Å². The minimum Gasteiger partial charge on any atom is -0.376 e. The zero-order valence-corrected chi connectivity index (χ0v) is 17.2. The lowest BCUT2D eigenvalue weighted by molar-refractivity contribution is -0.114. The van der Waals surface area contributed by atoms with Crippen LogP contribution in [-0.2, 0) is 14.8 Å². The fourth-order valence-electron chi connectivity index (χ4n) is 2.63. The summed E-state index contributed by atoms with van der Waals surface area (Å²) < 4.78 is 26.6. The van der Waals surface area contributed by atoms with Gasteiger partial charge >= 0.3 is 0 Å². The van der Waals surface area contributed by atoms with Crippen molar-refractivity contribution in [3.05, 3.63) is 53.1 Å². The number of carbonyl (C=O) groups is 1. The van der Waals surface area contributed by atoms with Gasteiger partial charge in [-0.05, 0) is 42.8 Å². The van der Waals surface area contributed by atoms with E-state index in [1.807, 2.05) is 13.0 Å². The summed E-state index contributed by atoms with van der Waals surface area (Å²) in [4.78, 5) is 12.4. The number of anilines is 2. The monoisotopic (exact) mass is 409 g/mol. The largest absolute Gasteiger partial charge is 0.376 e. The highest BCUT2D eigenvalue weighted by atomic mass is 35.5. The Morgan fingerprint density at radius 2 is 1.78 bits per heavy atom. The number of nitrogens with zero attached hydrogens (tertiary/aromatic N) is 1. The van der Waals surface area contributed by atoms with Gasteiger partial charge in [0, 0.05) is 29.5 Å². The second-order valence-corrected chi connectivity index (χ2v) is 8.28. The van der Waals surface area contributed by atoms with Gasteiger partial charge in [-0.1, -0.05) is 37.6 Å². The summed E-state index contributed by atoms with van der Waals surface area (Å²) in [7, 11) is -3.57. The normalized spacial score (nSPS) is 11.4. The summed E-state index contributed by atoms with van der Waals surface area (Å²) >= 11 is 6.07. The van der Waals surface area contributed by atoms with Crippen LogP contribution in [0.4, 0.5) is 11.4 Å². The van der Waals surface area contributed by atoms with E-state index in [0.717, 1.165) is 11.3 Å². The first-order chi connectivity index (χ1) is 12.8. The average Bonchev–Trinajstić information content (AvgIpc) is 2.64. The van der Waals surface area contributed by atoms with E-state index >= 15 is 0 Å². The number of hydrogen-bond acceptors (Lipinski definition) is 4. The number of halogens is 1. The Balaban J connectivity index is 2.07. The van der Waals surface area contributed by atoms with Gasteiger partial charge in [0.25, 0.3) is 0 Å². The van der Waals surface area contributed by atoms with E-state index in [1.165, 1.54) is 16.4 Å². The molecule has 0 aliphatic rings. The standard InChI is InChI=1S/C19H24ClN3O3S/c1-4-23(5-2)27(25,26)16-9-6-8-15(12-16)22-19(24)13-21-18-11-7-10-17(20)14(18)3/h6-12,21H,4-5,13H2,1-3H3,(H,22,24). The van der Waals surface area contributed by atoms with Crippen LogP contribution in [0.5, 0.6) is 0 Å². The number of sulfonamides is 1. The smallest absolute Gasteiger partial charge is 0.243 e. The van der Waals surface area contributed by atoms with E-state index < -0.39 is 10.0 Å². The molecule has 0 atom stereocenters. The van der Waals surface area contributed by atoms with Crippen molar-refractivity contribution in [3.8, 4) is 0 Å². The Labute approximate surface area is 165 Å². The minimum absolute atomic E-state index is 0.0359. The lowest BCUT2D eigenvalue weighted by Gasteiger charge is -2.19. The zero-order chi connectivity index (χ0) is 20.0. The van der Waals surface area contributed by atoms with Crippen LogP contribution in [0.2, 0.25) is 5.02 Å². The molecule has 0 aliphatic carbocycles. The van der Waals surface area contributed by atoms with E-state index in [4.69, 9.17) is 11.6 Å². The number of hydrogen-bond donors (Lipinski definition) is 2. The highest BCUT2D eigenvalue weighted by Gasteiger charge is 2.21. The minimum atomic E-state index is -3.57. The van der Waals surface area contributed by atoms with Crippen molar-refractivity contribution >= 4 is 38.9 Å². The molecule has 0 radical (unpaired) electrons. The maximum Gasteiger partial charge on any atom is 0.243 e. The third-order valence-electron chi connectivity index (χ3n) is 4.17. The average molecular weight is 410 g/mol. The van der Waals surface area contributed by atoms with E-state index in [-0.39, 0.29) is 17.3 Å². The first-order valence-corrected chi connectivity index (χ1v) is 10.5. The maximum atomic E-state index is 12.6. The Hall–Kier alpha value is -2.09. The number of nitrogens with one attached hydrogen (secondary N) is 2. The van der Waals surface area contributed by atoms with Crippen molar-refractivity contribution in [1.82, 2.24) is 4.31 Å². The zero-order valence-electron chi connectivity index (χ0n) is 15.6. The van der Waals surface area contributed by atoms with Gasteiger partial charge in [-0.25, -0.2) is 8.42 Å². The fourth-order valence-corrected chi connectivity index (χ4v) is 4.31. The molecule has 6 nitrogen and oxygen atoms in total. The second-order valence-electron chi connectivity index (χ2n) is 5.93. The third-order valence-corrected chi connectivity index (χ3v) is 6.62. The lowest BCUT2D eigenvalue weighted by Crippen LogP contribution is -2.30. The SMILES string of the molecule is CCN(CC)S(=O)(=O)c1cccc(NC(=O)CNc2cccc(Cl)c2C)c1. The molecule has 27 heavy (non-hydrogen) atoms. The number of carbonyl (C=O) groups excluding carboxylic acids is 1. The molecule has 0 fully saturated rings. The van der Waals surface area contributed by atoms with Gasteiger partial charge in [-0.2, -0.15) is 4.31 Å². The molecule has 0 saturated carbocycles. The van der Waals surface area contributed by atoms with Gasteiger partial charge in [0.2, 0.25) is 15.9 Å². The van der Waals surface area contributed by atoms with Crippen molar-refractivity contribution in [2.24, 2.45) is 0 Å². The summed E-state index contributed by atoms with van der Waals surface area (Å²) in [6.07, 6.45) is 0. The molecular weight excluding hydrogens is 386 g/mol. The summed E-state index contributed by atoms with van der Waals surface area (Å²) in [6.45, 7) is 6.25. The highest BCUT2D eigenvalue weighted by Crippen LogP contribution is 2.23. The van der Waals surface area contributed by atoms with Crippen LogP contribution >= 0.6 is 11.6 Å². The predicted octanol–water partition coefficient (Wildman–Crippen LogP) is 3.73. The molecule has 146 valence electrons. The quantitative estimate of drug-likeness (QED) is 0.696. The van der Waals surface area contributed by atoms with Gasteiger partial charge in [0.1, 0.15) is 0 Å². The van der Waals surface area contributed by atoms with Crippen LogP contribution in [0, 0.1) is 6.92 Å². The molecule has 2 rings (SSSR count). The molecule has 2 N–H and O–H groups in total. The molecule has 0 aliphatic heterocycles. The molecule has 0 spiro atoms. The summed E-state index contributed by atoms with van der Waals surface area (Å²) in [5.41, 5.74) is 2.06. The van der Waals surface area contributed by atoms with E-state index in [1.54, 1.807) is 38.1 Å². The van der Waals surface area contributed by atoms with Crippen molar-refractivity contribution in [1.29, 1.82) is 0 Å². The van der Waals surface area contributed by atoms with Gasteiger partial charge in [0.15, 0.2) is 0 Å². The Kier molecular flexibility index (Phi) is 7.24. The summed E-state index contributed by atoms with van der Waals surface area (Å²) in [5, 5.41) is 6.37. The predicted molar refractivity (Wildman–Crippen MR) is 110 cm³/mol. The molecule has 1 amide bonds. The topological polar surface area (TPSA) is 78.5 Å². The molecule has 0 saturated heterocycles. The molecule has 8 heteroatoms. The van der Waals surface area contributed by atoms with Gasteiger partial charge in [0.05, 0.1) is 11.4 Å². The van der Waals surface area contributed by atoms with Crippen LogP contribution in [0.1, 0.15) is 19.4 Å². The van der Waals surface area contributed by atoms with Crippen LogP contribution in [0.15, 0.2) is 47.4 Å². The van der Waals surface area contributed by atoms with Gasteiger partial charge < -0.3 is 10.6 Å². The molecule has 0 heterocycles. The van der Waals surface area contributed by atoms with Crippen molar-refractivity contribution in [2.45, 2.75) is 25.7 Å². The number of benzene rings is 2. The third kappa shape index (κ3) is 5.22.